The molecule has 8 nitrogen and oxygen atoms in total. The van der Waals surface area contributed by atoms with Gasteiger partial charge in [-0.3, -0.25) is 9.59 Å². The predicted molar refractivity (Wildman–Crippen MR) is 129 cm³/mol. The second kappa shape index (κ2) is 11.1. The number of benzene rings is 2. The van der Waals surface area contributed by atoms with Crippen LogP contribution in [0, 0.1) is 0 Å². The van der Waals surface area contributed by atoms with Gasteiger partial charge < -0.3 is 10.6 Å². The van der Waals surface area contributed by atoms with E-state index in [4.69, 9.17) is 0 Å². The standard InChI is InChI=1S/C23H24N4O4S2/c1-27(2)33(30,31)20-10-6-8-18(14-20)23(29)25-15-21(28)26-19-9-5-7-17(13-19)16-32-22-11-3-4-12-24-22/h3-14H,15-16H2,1-2H3,(H,25,29)(H,26,28). The third kappa shape index (κ3) is 6.88. The van der Waals surface area contributed by atoms with E-state index in [0.717, 1.165) is 14.9 Å². The molecule has 3 rings (SSSR count). The van der Waals surface area contributed by atoms with Gasteiger partial charge in [0.2, 0.25) is 15.9 Å². The minimum absolute atomic E-state index is 0.00462. The van der Waals surface area contributed by atoms with E-state index in [1.807, 2.05) is 36.4 Å². The molecule has 2 N–H and O–H groups in total. The van der Waals surface area contributed by atoms with E-state index in [2.05, 4.69) is 15.6 Å². The number of thioether (sulfide) groups is 1. The molecule has 33 heavy (non-hydrogen) atoms. The largest absolute Gasteiger partial charge is 0.343 e. The number of sulfonamides is 1. The van der Waals surface area contributed by atoms with Gasteiger partial charge >= 0.3 is 0 Å². The lowest BCUT2D eigenvalue weighted by Crippen LogP contribution is -2.33. The van der Waals surface area contributed by atoms with Crippen LogP contribution in [0.4, 0.5) is 5.69 Å². The number of nitrogens with one attached hydrogen (secondary N) is 2. The summed E-state index contributed by atoms with van der Waals surface area (Å²) in [6.45, 7) is -0.254. The van der Waals surface area contributed by atoms with E-state index in [-0.39, 0.29) is 17.0 Å². The molecule has 0 aliphatic carbocycles. The molecule has 0 unspecified atom stereocenters. The number of amides is 2. The van der Waals surface area contributed by atoms with Gasteiger partial charge in [-0.2, -0.15) is 0 Å². The second-order valence-corrected chi connectivity index (χ2v) is 10.4. The molecule has 2 aromatic carbocycles. The number of rotatable bonds is 9. The van der Waals surface area contributed by atoms with Crippen LogP contribution in [0.15, 0.2) is 82.8 Å². The molecule has 0 spiro atoms. The first-order valence-corrected chi connectivity index (χ1v) is 12.4. The number of hydrogen-bond acceptors (Lipinski definition) is 6. The van der Waals surface area contributed by atoms with Crippen LogP contribution in [-0.2, 0) is 20.6 Å². The summed E-state index contributed by atoms with van der Waals surface area (Å²) in [7, 11) is -0.833. The molecule has 0 saturated carbocycles. The van der Waals surface area contributed by atoms with Gasteiger partial charge in [0.15, 0.2) is 0 Å². The predicted octanol–water partition coefficient (Wildman–Crippen LogP) is 2.99. The normalized spacial score (nSPS) is 11.2. The molecule has 10 heteroatoms. The van der Waals surface area contributed by atoms with E-state index in [1.54, 1.807) is 24.0 Å². The highest BCUT2D eigenvalue weighted by atomic mass is 32.2. The lowest BCUT2D eigenvalue weighted by Gasteiger charge is -2.12. The minimum atomic E-state index is -3.66. The van der Waals surface area contributed by atoms with Gasteiger partial charge in [0.1, 0.15) is 0 Å². The van der Waals surface area contributed by atoms with Gasteiger partial charge in [0.25, 0.3) is 5.91 Å². The van der Waals surface area contributed by atoms with Crippen LogP contribution in [0.25, 0.3) is 0 Å². The lowest BCUT2D eigenvalue weighted by molar-refractivity contribution is -0.115. The maximum absolute atomic E-state index is 12.4. The fourth-order valence-electron chi connectivity index (χ4n) is 2.81. The van der Waals surface area contributed by atoms with Gasteiger partial charge in [0, 0.05) is 37.3 Å². The van der Waals surface area contributed by atoms with Gasteiger partial charge in [-0.15, -0.1) is 11.8 Å². The molecule has 0 saturated heterocycles. The monoisotopic (exact) mass is 484 g/mol. The number of nitrogens with zero attached hydrogens (tertiary/aromatic N) is 2. The van der Waals surface area contributed by atoms with Crippen molar-refractivity contribution in [2.45, 2.75) is 15.7 Å². The summed E-state index contributed by atoms with van der Waals surface area (Å²) in [5, 5.41) is 6.19. The van der Waals surface area contributed by atoms with Crippen LogP contribution in [-0.4, -0.2) is 50.2 Å². The third-order valence-electron chi connectivity index (χ3n) is 4.52. The van der Waals surface area contributed by atoms with E-state index >= 15 is 0 Å². The summed E-state index contributed by atoms with van der Waals surface area (Å²) in [5.41, 5.74) is 1.79. The Hall–Kier alpha value is -3.21. The molecule has 0 bridgehead atoms. The molecule has 3 aromatic rings. The van der Waals surface area contributed by atoms with Crippen molar-refractivity contribution >= 4 is 39.3 Å². The zero-order chi connectivity index (χ0) is 23.8. The fourth-order valence-corrected chi connectivity index (χ4v) is 4.56. The van der Waals surface area contributed by atoms with Crippen molar-refractivity contribution in [3.8, 4) is 0 Å². The van der Waals surface area contributed by atoms with E-state index in [9.17, 15) is 18.0 Å². The molecule has 0 aliphatic heterocycles. The van der Waals surface area contributed by atoms with Crippen LogP contribution < -0.4 is 10.6 Å². The Balaban J connectivity index is 1.55. The average Bonchev–Trinajstić information content (AvgIpc) is 2.82. The van der Waals surface area contributed by atoms with Crippen molar-refractivity contribution in [2.75, 3.05) is 26.0 Å². The van der Waals surface area contributed by atoms with Crippen LogP contribution >= 0.6 is 11.8 Å². The molecule has 0 aliphatic rings. The average molecular weight is 485 g/mol. The molecular weight excluding hydrogens is 460 g/mol. The number of anilines is 1. The highest BCUT2D eigenvalue weighted by Crippen LogP contribution is 2.22. The summed E-state index contributed by atoms with van der Waals surface area (Å²) in [4.78, 5) is 29.0. The maximum Gasteiger partial charge on any atom is 0.251 e. The summed E-state index contributed by atoms with van der Waals surface area (Å²) < 4.78 is 25.6. The Morgan fingerprint density at radius 1 is 1.00 bits per heavy atom. The smallest absolute Gasteiger partial charge is 0.251 e. The lowest BCUT2D eigenvalue weighted by atomic mass is 10.2. The van der Waals surface area contributed by atoms with Crippen LogP contribution in [0.1, 0.15) is 15.9 Å². The summed E-state index contributed by atoms with van der Waals surface area (Å²) in [6.07, 6.45) is 1.74. The molecule has 2 amide bonds. The van der Waals surface area contributed by atoms with Crippen molar-refractivity contribution in [3.63, 3.8) is 0 Å². The first-order valence-electron chi connectivity index (χ1n) is 9.99. The zero-order valence-corrected chi connectivity index (χ0v) is 19.8. The Morgan fingerprint density at radius 2 is 1.79 bits per heavy atom. The number of carbonyl (C=O) groups excluding carboxylic acids is 2. The Bertz CT molecular complexity index is 1230. The van der Waals surface area contributed by atoms with E-state index < -0.39 is 21.8 Å². The third-order valence-corrected chi connectivity index (χ3v) is 7.35. The maximum atomic E-state index is 12.4. The summed E-state index contributed by atoms with van der Waals surface area (Å²) in [6, 6.07) is 18.8. The Labute approximate surface area is 197 Å². The van der Waals surface area contributed by atoms with Gasteiger partial charge in [0.05, 0.1) is 16.5 Å². The molecule has 1 aromatic heterocycles. The van der Waals surface area contributed by atoms with Crippen molar-refractivity contribution in [1.82, 2.24) is 14.6 Å². The Kier molecular flexibility index (Phi) is 8.21. The highest BCUT2D eigenvalue weighted by Gasteiger charge is 2.19. The van der Waals surface area contributed by atoms with Gasteiger partial charge in [-0.05, 0) is 48.0 Å². The fraction of sp³-hybridized carbons (Fsp3) is 0.174. The van der Waals surface area contributed by atoms with Crippen LogP contribution in [0.2, 0.25) is 0 Å². The Morgan fingerprint density at radius 3 is 2.52 bits per heavy atom. The number of carbonyl (C=O) groups is 2. The molecule has 0 radical (unpaired) electrons. The first-order chi connectivity index (χ1) is 15.8. The van der Waals surface area contributed by atoms with Crippen molar-refractivity contribution in [2.24, 2.45) is 0 Å². The quantitative estimate of drug-likeness (QED) is 0.452. The second-order valence-electron chi connectivity index (χ2n) is 7.20. The van der Waals surface area contributed by atoms with E-state index in [0.29, 0.717) is 11.4 Å². The number of hydrogen-bond donors (Lipinski definition) is 2. The number of pyridine rings is 1. The van der Waals surface area contributed by atoms with Crippen LogP contribution in [0.3, 0.4) is 0 Å². The summed E-state index contributed by atoms with van der Waals surface area (Å²) in [5.74, 6) is -0.236. The van der Waals surface area contributed by atoms with Gasteiger partial charge in [-0.1, -0.05) is 24.3 Å². The molecule has 0 atom stereocenters. The number of aromatic nitrogens is 1. The van der Waals surface area contributed by atoms with Crippen molar-refractivity contribution < 1.29 is 18.0 Å². The van der Waals surface area contributed by atoms with Crippen LogP contribution in [0.5, 0.6) is 0 Å². The molecular formula is C23H24N4O4S2. The van der Waals surface area contributed by atoms with E-state index in [1.165, 1.54) is 38.4 Å². The van der Waals surface area contributed by atoms with Crippen molar-refractivity contribution in [1.29, 1.82) is 0 Å². The van der Waals surface area contributed by atoms with Crippen molar-refractivity contribution in [3.05, 3.63) is 84.1 Å². The molecule has 172 valence electrons. The highest BCUT2D eigenvalue weighted by molar-refractivity contribution is 7.98. The molecule has 1 heterocycles. The van der Waals surface area contributed by atoms with Gasteiger partial charge in [-0.25, -0.2) is 17.7 Å². The minimum Gasteiger partial charge on any atom is -0.343 e. The first kappa shape index (κ1) is 24.4. The zero-order valence-electron chi connectivity index (χ0n) is 18.2. The topological polar surface area (TPSA) is 108 Å². The molecule has 0 fully saturated rings. The summed E-state index contributed by atoms with van der Waals surface area (Å²) >= 11 is 1.59. The SMILES string of the molecule is CN(C)S(=O)(=O)c1cccc(C(=O)NCC(=O)Nc2cccc(CSc3ccccn3)c2)c1.